The number of hydrogen-bond donors (Lipinski definition) is 2. The van der Waals surface area contributed by atoms with Crippen molar-refractivity contribution in [2.45, 2.75) is 19.6 Å². The summed E-state index contributed by atoms with van der Waals surface area (Å²) < 4.78 is 12.1. The van der Waals surface area contributed by atoms with Crippen LogP contribution in [0.1, 0.15) is 16.7 Å². The van der Waals surface area contributed by atoms with Crippen LogP contribution in [0, 0.1) is 0 Å². The fraction of sp³-hybridized carbons (Fsp3) is 0.250. The van der Waals surface area contributed by atoms with Gasteiger partial charge in [-0.15, -0.1) is 12.4 Å². The number of ether oxygens (including phenoxy) is 2. The quantitative estimate of drug-likeness (QED) is 0.458. The second-order valence-corrected chi connectivity index (χ2v) is 6.54. The van der Waals surface area contributed by atoms with Crippen molar-refractivity contribution in [2.24, 2.45) is 0 Å². The molecule has 3 aromatic rings. The van der Waals surface area contributed by atoms with Crippen LogP contribution in [0.5, 0.6) is 11.5 Å². The summed E-state index contributed by atoms with van der Waals surface area (Å²) in [6.45, 7) is 2.45. The number of hydrogen-bond acceptors (Lipinski definition) is 4. The summed E-state index contributed by atoms with van der Waals surface area (Å²) in [4.78, 5) is 0. The zero-order valence-electron chi connectivity index (χ0n) is 16.4. The van der Waals surface area contributed by atoms with Crippen molar-refractivity contribution in [3.05, 3.63) is 95.6 Å². The van der Waals surface area contributed by atoms with E-state index in [4.69, 9.17) is 14.6 Å². The van der Waals surface area contributed by atoms with Crippen LogP contribution < -0.4 is 14.8 Å². The van der Waals surface area contributed by atoms with Crippen molar-refractivity contribution in [3.8, 4) is 11.5 Å². The fourth-order valence-electron chi connectivity index (χ4n) is 2.87. The molecule has 29 heavy (non-hydrogen) atoms. The zero-order valence-corrected chi connectivity index (χ0v) is 17.2. The number of halogens is 1. The lowest BCUT2D eigenvalue weighted by Gasteiger charge is -2.15. The van der Waals surface area contributed by atoms with Gasteiger partial charge in [0, 0.05) is 19.5 Å². The van der Waals surface area contributed by atoms with Crippen LogP contribution in [0.25, 0.3) is 0 Å². The Morgan fingerprint density at radius 3 is 2.10 bits per heavy atom. The Morgan fingerprint density at radius 1 is 0.724 bits per heavy atom. The number of benzene rings is 3. The number of aliphatic hydroxyl groups excluding tert-OH is 1. The monoisotopic (exact) mass is 413 g/mol. The molecular formula is C24H28ClNO3. The van der Waals surface area contributed by atoms with Gasteiger partial charge in [-0.05, 0) is 28.8 Å². The van der Waals surface area contributed by atoms with E-state index in [1.807, 2.05) is 66.7 Å². The van der Waals surface area contributed by atoms with E-state index in [2.05, 4.69) is 17.4 Å². The molecule has 0 aromatic heterocycles. The van der Waals surface area contributed by atoms with Crippen LogP contribution >= 0.6 is 12.4 Å². The van der Waals surface area contributed by atoms with Gasteiger partial charge in [0.25, 0.3) is 0 Å². The second kappa shape index (κ2) is 12.8. The molecule has 0 aliphatic rings. The highest BCUT2D eigenvalue weighted by Gasteiger charge is 2.08. The molecule has 4 nitrogen and oxygen atoms in total. The van der Waals surface area contributed by atoms with Crippen LogP contribution in [-0.2, 0) is 19.6 Å². The summed E-state index contributed by atoms with van der Waals surface area (Å²) in [7, 11) is 0. The smallest absolute Gasteiger partial charge is 0.161 e. The average molecular weight is 414 g/mol. The highest BCUT2D eigenvalue weighted by molar-refractivity contribution is 5.85. The molecule has 0 aliphatic heterocycles. The van der Waals surface area contributed by atoms with Gasteiger partial charge < -0.3 is 19.9 Å². The van der Waals surface area contributed by atoms with Crippen LogP contribution in [-0.4, -0.2) is 24.9 Å². The van der Waals surface area contributed by atoms with Crippen molar-refractivity contribution < 1.29 is 14.6 Å². The van der Waals surface area contributed by atoms with Crippen molar-refractivity contribution in [3.63, 3.8) is 0 Å². The van der Waals surface area contributed by atoms with Gasteiger partial charge in [0.1, 0.15) is 6.61 Å². The minimum Gasteiger partial charge on any atom is -0.489 e. The second-order valence-electron chi connectivity index (χ2n) is 6.54. The van der Waals surface area contributed by atoms with Gasteiger partial charge in [-0.1, -0.05) is 66.7 Å². The third-order valence-corrected chi connectivity index (χ3v) is 4.35. The molecule has 0 unspecified atom stereocenters. The third kappa shape index (κ3) is 7.78. The Balaban J connectivity index is 0.00000300. The molecule has 0 bridgehead atoms. The van der Waals surface area contributed by atoms with Gasteiger partial charge in [0.15, 0.2) is 11.5 Å². The van der Waals surface area contributed by atoms with Crippen LogP contribution in [0.4, 0.5) is 0 Å². The van der Waals surface area contributed by atoms with E-state index in [1.54, 1.807) is 0 Å². The van der Waals surface area contributed by atoms with E-state index in [-0.39, 0.29) is 19.0 Å². The predicted molar refractivity (Wildman–Crippen MR) is 119 cm³/mol. The SMILES string of the molecule is Cl.OCCNCc1ccc(OCc2ccccc2)c(OCCc2ccccc2)c1. The van der Waals surface area contributed by atoms with E-state index >= 15 is 0 Å². The molecule has 0 radical (unpaired) electrons. The molecule has 0 amide bonds. The summed E-state index contributed by atoms with van der Waals surface area (Å²) in [6, 6.07) is 26.4. The number of aliphatic hydroxyl groups is 1. The van der Waals surface area contributed by atoms with Gasteiger partial charge in [-0.3, -0.25) is 0 Å². The molecule has 0 fully saturated rings. The van der Waals surface area contributed by atoms with Crippen molar-refractivity contribution >= 4 is 12.4 Å². The first-order valence-corrected chi connectivity index (χ1v) is 9.63. The van der Waals surface area contributed by atoms with E-state index in [0.29, 0.717) is 26.3 Å². The van der Waals surface area contributed by atoms with Gasteiger partial charge in [-0.25, -0.2) is 0 Å². The largest absolute Gasteiger partial charge is 0.489 e. The highest BCUT2D eigenvalue weighted by atomic mass is 35.5. The van der Waals surface area contributed by atoms with Crippen LogP contribution in [0.2, 0.25) is 0 Å². The molecule has 3 rings (SSSR count). The molecule has 5 heteroatoms. The summed E-state index contributed by atoms with van der Waals surface area (Å²) in [5, 5.41) is 12.1. The first-order valence-electron chi connectivity index (χ1n) is 9.63. The Kier molecular flexibility index (Phi) is 10.1. The lowest BCUT2D eigenvalue weighted by Crippen LogP contribution is -2.17. The van der Waals surface area contributed by atoms with Gasteiger partial charge in [0.2, 0.25) is 0 Å². The molecule has 0 saturated carbocycles. The number of nitrogens with one attached hydrogen (secondary N) is 1. The Morgan fingerprint density at radius 2 is 1.41 bits per heavy atom. The normalized spacial score (nSPS) is 10.2. The fourth-order valence-corrected chi connectivity index (χ4v) is 2.87. The van der Waals surface area contributed by atoms with Crippen molar-refractivity contribution in [2.75, 3.05) is 19.8 Å². The standard InChI is InChI=1S/C24H27NO3.ClH/c26-15-14-25-18-22-11-12-23(28-19-21-9-5-2-6-10-21)24(17-22)27-16-13-20-7-3-1-4-8-20;/h1-12,17,25-26H,13-16,18-19H2;1H. The van der Waals surface area contributed by atoms with E-state index < -0.39 is 0 Å². The summed E-state index contributed by atoms with van der Waals surface area (Å²) >= 11 is 0. The molecule has 0 atom stereocenters. The predicted octanol–water partition coefficient (Wildman–Crippen LogP) is 4.39. The zero-order chi connectivity index (χ0) is 19.4. The molecule has 0 spiro atoms. The minimum absolute atomic E-state index is 0. The summed E-state index contributed by atoms with van der Waals surface area (Å²) in [6.07, 6.45) is 0.839. The Hall–Kier alpha value is -2.53. The van der Waals surface area contributed by atoms with Crippen LogP contribution in [0.3, 0.4) is 0 Å². The maximum absolute atomic E-state index is 8.94. The van der Waals surface area contributed by atoms with E-state index in [0.717, 1.165) is 29.0 Å². The Bertz CT molecular complexity index is 828. The highest BCUT2D eigenvalue weighted by Crippen LogP contribution is 2.29. The first kappa shape index (κ1) is 22.8. The molecule has 2 N–H and O–H groups in total. The van der Waals surface area contributed by atoms with E-state index in [9.17, 15) is 0 Å². The maximum Gasteiger partial charge on any atom is 0.161 e. The number of rotatable bonds is 11. The first-order chi connectivity index (χ1) is 13.8. The molecule has 0 heterocycles. The third-order valence-electron chi connectivity index (χ3n) is 4.35. The minimum atomic E-state index is 0. The summed E-state index contributed by atoms with van der Waals surface area (Å²) in [5.74, 6) is 1.48. The Labute approximate surface area is 178 Å². The van der Waals surface area contributed by atoms with Gasteiger partial charge in [0.05, 0.1) is 13.2 Å². The maximum atomic E-state index is 8.94. The molecule has 0 aliphatic carbocycles. The van der Waals surface area contributed by atoms with Gasteiger partial charge >= 0.3 is 0 Å². The lowest BCUT2D eigenvalue weighted by molar-refractivity contribution is 0.263. The van der Waals surface area contributed by atoms with Gasteiger partial charge in [-0.2, -0.15) is 0 Å². The van der Waals surface area contributed by atoms with Crippen molar-refractivity contribution in [1.82, 2.24) is 5.32 Å². The summed E-state index contributed by atoms with van der Waals surface area (Å²) in [5.41, 5.74) is 3.46. The molecule has 0 saturated heterocycles. The molecule has 3 aromatic carbocycles. The van der Waals surface area contributed by atoms with Crippen LogP contribution in [0.15, 0.2) is 78.9 Å². The molecule has 154 valence electrons. The molecular weight excluding hydrogens is 386 g/mol. The topological polar surface area (TPSA) is 50.7 Å². The lowest BCUT2D eigenvalue weighted by atomic mass is 10.1. The van der Waals surface area contributed by atoms with Crippen molar-refractivity contribution in [1.29, 1.82) is 0 Å². The average Bonchev–Trinajstić information content (AvgIpc) is 2.75. The van der Waals surface area contributed by atoms with E-state index in [1.165, 1.54) is 5.56 Å².